The zero-order valence-electron chi connectivity index (χ0n) is 11.7. The van der Waals surface area contributed by atoms with Crippen LogP contribution in [0.2, 0.25) is 0 Å². The molecular weight excluding hydrogens is 260 g/mol. The van der Waals surface area contributed by atoms with Crippen LogP contribution in [0.4, 0.5) is 0 Å². The Bertz CT molecular complexity index is 393. The van der Waals surface area contributed by atoms with E-state index in [1.165, 1.54) is 4.90 Å². The maximum Gasteiger partial charge on any atom is 0.237 e. The predicted molar refractivity (Wildman–Crippen MR) is 79.2 cm³/mol. The molecule has 106 valence electrons. The minimum atomic E-state index is -0.480. The SMILES string of the molecule is COCCSc1ccc(C(C)NC(=O)[C@@H](C)N)cc1. The Labute approximate surface area is 119 Å². The lowest BCUT2D eigenvalue weighted by Crippen LogP contribution is -2.39. The van der Waals surface area contributed by atoms with Crippen LogP contribution < -0.4 is 11.1 Å². The van der Waals surface area contributed by atoms with Gasteiger partial charge in [-0.2, -0.15) is 0 Å². The molecule has 1 amide bonds. The number of nitrogens with one attached hydrogen (secondary N) is 1. The summed E-state index contributed by atoms with van der Waals surface area (Å²) in [5.74, 6) is 0.804. The van der Waals surface area contributed by atoms with Gasteiger partial charge in [0.2, 0.25) is 5.91 Å². The van der Waals surface area contributed by atoms with Crippen LogP contribution in [-0.4, -0.2) is 31.4 Å². The van der Waals surface area contributed by atoms with Gasteiger partial charge in [0.1, 0.15) is 0 Å². The maximum absolute atomic E-state index is 11.5. The molecule has 0 aliphatic heterocycles. The second-order valence-corrected chi connectivity index (χ2v) is 5.60. The van der Waals surface area contributed by atoms with E-state index >= 15 is 0 Å². The van der Waals surface area contributed by atoms with Gasteiger partial charge in [0, 0.05) is 17.8 Å². The van der Waals surface area contributed by atoms with Crippen molar-refractivity contribution in [3.05, 3.63) is 29.8 Å². The third-order valence-electron chi connectivity index (χ3n) is 2.71. The van der Waals surface area contributed by atoms with Gasteiger partial charge in [-0.05, 0) is 31.5 Å². The van der Waals surface area contributed by atoms with E-state index in [0.29, 0.717) is 0 Å². The fourth-order valence-corrected chi connectivity index (χ4v) is 2.34. The fourth-order valence-electron chi connectivity index (χ4n) is 1.52. The quantitative estimate of drug-likeness (QED) is 0.592. The lowest BCUT2D eigenvalue weighted by atomic mass is 10.1. The van der Waals surface area contributed by atoms with Crippen LogP contribution in [-0.2, 0) is 9.53 Å². The Morgan fingerprint density at radius 3 is 2.53 bits per heavy atom. The van der Waals surface area contributed by atoms with Crippen molar-refractivity contribution in [2.75, 3.05) is 19.5 Å². The molecule has 19 heavy (non-hydrogen) atoms. The lowest BCUT2D eigenvalue weighted by Gasteiger charge is -2.16. The second kappa shape index (κ2) is 8.19. The number of carbonyl (C=O) groups is 1. The standard InChI is InChI=1S/C14H22N2O2S/c1-10(15)14(17)16-11(2)12-4-6-13(7-5-12)19-9-8-18-3/h4-7,10-11H,8-9,15H2,1-3H3,(H,16,17)/t10-,11?/m1/s1. The topological polar surface area (TPSA) is 64.3 Å². The molecule has 0 radical (unpaired) electrons. The normalized spacial score (nSPS) is 13.9. The van der Waals surface area contributed by atoms with Crippen molar-refractivity contribution < 1.29 is 9.53 Å². The molecular formula is C14H22N2O2S. The molecule has 0 aliphatic carbocycles. The average Bonchev–Trinajstić information content (AvgIpc) is 2.39. The van der Waals surface area contributed by atoms with E-state index in [0.717, 1.165) is 17.9 Å². The van der Waals surface area contributed by atoms with Gasteiger partial charge in [0.25, 0.3) is 0 Å². The minimum absolute atomic E-state index is 0.0310. The molecule has 1 aromatic carbocycles. The summed E-state index contributed by atoms with van der Waals surface area (Å²) in [6, 6.07) is 7.67. The van der Waals surface area contributed by atoms with E-state index in [1.807, 2.05) is 19.1 Å². The highest BCUT2D eigenvalue weighted by Crippen LogP contribution is 2.20. The molecule has 5 heteroatoms. The van der Waals surface area contributed by atoms with E-state index in [-0.39, 0.29) is 11.9 Å². The summed E-state index contributed by atoms with van der Waals surface area (Å²) in [5, 5.41) is 2.88. The fraction of sp³-hybridized carbons (Fsp3) is 0.500. The van der Waals surface area contributed by atoms with E-state index in [4.69, 9.17) is 10.5 Å². The van der Waals surface area contributed by atoms with Crippen molar-refractivity contribution in [1.29, 1.82) is 0 Å². The number of rotatable bonds is 7. The van der Waals surface area contributed by atoms with Gasteiger partial charge >= 0.3 is 0 Å². The van der Waals surface area contributed by atoms with E-state index in [2.05, 4.69) is 17.4 Å². The monoisotopic (exact) mass is 282 g/mol. The number of amides is 1. The highest BCUT2D eigenvalue weighted by Gasteiger charge is 2.12. The summed E-state index contributed by atoms with van der Waals surface area (Å²) >= 11 is 1.75. The Balaban J connectivity index is 2.53. The van der Waals surface area contributed by atoms with Crippen molar-refractivity contribution in [2.24, 2.45) is 5.73 Å². The molecule has 0 fully saturated rings. The molecule has 0 saturated carbocycles. The van der Waals surface area contributed by atoms with E-state index < -0.39 is 6.04 Å². The number of hydrogen-bond acceptors (Lipinski definition) is 4. The first-order chi connectivity index (χ1) is 9.04. The molecule has 0 spiro atoms. The maximum atomic E-state index is 11.5. The Kier molecular flexibility index (Phi) is 6.91. The largest absolute Gasteiger partial charge is 0.384 e. The molecule has 3 N–H and O–H groups in total. The van der Waals surface area contributed by atoms with Crippen molar-refractivity contribution in [3.8, 4) is 0 Å². The lowest BCUT2D eigenvalue weighted by molar-refractivity contribution is -0.122. The van der Waals surface area contributed by atoms with Crippen LogP contribution in [0.5, 0.6) is 0 Å². The Morgan fingerprint density at radius 1 is 1.37 bits per heavy atom. The summed E-state index contributed by atoms with van der Waals surface area (Å²) in [6.07, 6.45) is 0. The van der Waals surface area contributed by atoms with Gasteiger partial charge in [0.15, 0.2) is 0 Å². The first-order valence-corrected chi connectivity index (χ1v) is 7.30. The van der Waals surface area contributed by atoms with Crippen LogP contribution in [0.15, 0.2) is 29.2 Å². The number of nitrogens with two attached hydrogens (primary N) is 1. The van der Waals surface area contributed by atoms with Gasteiger partial charge < -0.3 is 15.8 Å². The van der Waals surface area contributed by atoms with Gasteiger partial charge in [-0.1, -0.05) is 12.1 Å². The van der Waals surface area contributed by atoms with Crippen molar-refractivity contribution in [1.82, 2.24) is 5.32 Å². The Hall–Kier alpha value is -1.04. The summed E-state index contributed by atoms with van der Waals surface area (Å²) in [5.41, 5.74) is 6.60. The van der Waals surface area contributed by atoms with Crippen LogP contribution in [0, 0.1) is 0 Å². The third kappa shape index (κ3) is 5.63. The first kappa shape index (κ1) is 16.0. The molecule has 0 aromatic heterocycles. The summed E-state index contributed by atoms with van der Waals surface area (Å²) in [7, 11) is 1.70. The number of carbonyl (C=O) groups excluding carboxylic acids is 1. The molecule has 0 aliphatic rings. The van der Waals surface area contributed by atoms with E-state index in [1.54, 1.807) is 25.8 Å². The van der Waals surface area contributed by atoms with Gasteiger partial charge in [-0.3, -0.25) is 4.79 Å². The van der Waals surface area contributed by atoms with Gasteiger partial charge in [-0.15, -0.1) is 11.8 Å². The van der Waals surface area contributed by atoms with Crippen LogP contribution in [0.3, 0.4) is 0 Å². The zero-order valence-corrected chi connectivity index (χ0v) is 12.5. The number of thioether (sulfide) groups is 1. The molecule has 0 heterocycles. The highest BCUT2D eigenvalue weighted by molar-refractivity contribution is 7.99. The number of ether oxygens (including phenoxy) is 1. The number of hydrogen-bond donors (Lipinski definition) is 2. The first-order valence-electron chi connectivity index (χ1n) is 6.32. The Morgan fingerprint density at radius 2 is 2.00 bits per heavy atom. The number of benzene rings is 1. The summed E-state index contributed by atoms with van der Waals surface area (Å²) in [4.78, 5) is 12.7. The van der Waals surface area contributed by atoms with Crippen LogP contribution in [0.1, 0.15) is 25.5 Å². The third-order valence-corrected chi connectivity index (χ3v) is 3.68. The number of methoxy groups -OCH3 is 1. The summed E-state index contributed by atoms with van der Waals surface area (Å²) < 4.78 is 5.01. The van der Waals surface area contributed by atoms with Crippen molar-refractivity contribution >= 4 is 17.7 Å². The predicted octanol–water partition coefficient (Wildman–Crippen LogP) is 1.95. The zero-order chi connectivity index (χ0) is 14.3. The van der Waals surface area contributed by atoms with Crippen molar-refractivity contribution in [3.63, 3.8) is 0 Å². The molecule has 0 bridgehead atoms. The minimum Gasteiger partial charge on any atom is -0.384 e. The molecule has 4 nitrogen and oxygen atoms in total. The van der Waals surface area contributed by atoms with Crippen molar-refractivity contribution in [2.45, 2.75) is 30.8 Å². The van der Waals surface area contributed by atoms with Crippen LogP contribution in [0.25, 0.3) is 0 Å². The smallest absolute Gasteiger partial charge is 0.237 e. The molecule has 1 rings (SSSR count). The van der Waals surface area contributed by atoms with E-state index in [9.17, 15) is 4.79 Å². The second-order valence-electron chi connectivity index (χ2n) is 4.43. The highest BCUT2D eigenvalue weighted by atomic mass is 32.2. The average molecular weight is 282 g/mol. The van der Waals surface area contributed by atoms with Gasteiger partial charge in [-0.25, -0.2) is 0 Å². The molecule has 2 atom stereocenters. The summed E-state index contributed by atoms with van der Waals surface area (Å²) in [6.45, 7) is 4.37. The molecule has 1 unspecified atom stereocenters. The molecule has 1 aromatic rings. The molecule has 0 saturated heterocycles. The van der Waals surface area contributed by atoms with Crippen LogP contribution >= 0.6 is 11.8 Å². The van der Waals surface area contributed by atoms with Gasteiger partial charge in [0.05, 0.1) is 18.7 Å².